The van der Waals surface area contributed by atoms with Crippen LogP contribution >= 0.6 is 23.2 Å². The van der Waals surface area contributed by atoms with E-state index in [1.165, 1.54) is 0 Å². The van der Waals surface area contributed by atoms with Crippen LogP contribution in [0.3, 0.4) is 0 Å². The number of hydrogen-bond donors (Lipinski definition) is 4. The highest BCUT2D eigenvalue weighted by molar-refractivity contribution is 6.18. The number of pyridine rings is 1. The van der Waals surface area contributed by atoms with Crippen LogP contribution in [0.25, 0.3) is 0 Å². The zero-order valence-corrected chi connectivity index (χ0v) is 18.3. The summed E-state index contributed by atoms with van der Waals surface area (Å²) in [5, 5.41) is 23.9. The highest BCUT2D eigenvalue weighted by atomic mass is 35.5. The van der Waals surface area contributed by atoms with E-state index in [4.69, 9.17) is 39.9 Å². The van der Waals surface area contributed by atoms with Crippen LogP contribution in [-0.4, -0.2) is 35.8 Å². The second-order valence-corrected chi connectivity index (χ2v) is 7.56. The van der Waals surface area contributed by atoms with Gasteiger partial charge in [-0.25, -0.2) is 9.98 Å². The minimum atomic E-state index is -0.587. The zero-order valence-electron chi connectivity index (χ0n) is 16.8. The third kappa shape index (κ3) is 4.38. The number of nitrogens with two attached hydrogens (primary N) is 2. The number of anilines is 4. The largest absolute Gasteiger partial charge is 0.397 e. The van der Waals surface area contributed by atoms with Crippen LogP contribution in [0.1, 0.15) is 28.3 Å². The van der Waals surface area contributed by atoms with E-state index >= 15 is 0 Å². The van der Waals surface area contributed by atoms with E-state index in [-0.39, 0.29) is 23.0 Å². The van der Waals surface area contributed by atoms with E-state index in [0.29, 0.717) is 36.2 Å². The normalized spacial score (nSPS) is 14.5. The minimum Gasteiger partial charge on any atom is -0.397 e. The van der Waals surface area contributed by atoms with Crippen molar-refractivity contribution in [2.75, 3.05) is 46.5 Å². The van der Waals surface area contributed by atoms with Crippen LogP contribution < -0.4 is 27.0 Å². The number of aliphatic imine (C=N–C) groups is 1. The Labute approximate surface area is 190 Å². The second kappa shape index (κ2) is 9.61. The number of nitriles is 2. The van der Waals surface area contributed by atoms with Gasteiger partial charge in [-0.2, -0.15) is 10.5 Å². The number of aryl methyl sites for hydroxylation is 1. The molecule has 160 valence electrons. The quantitative estimate of drug-likeness (QED) is 0.293. The van der Waals surface area contributed by atoms with Crippen LogP contribution in [0.4, 0.5) is 23.0 Å². The van der Waals surface area contributed by atoms with Crippen LogP contribution in [0, 0.1) is 29.7 Å². The van der Waals surface area contributed by atoms with Crippen molar-refractivity contribution in [3.63, 3.8) is 0 Å². The molecule has 31 heavy (non-hydrogen) atoms. The van der Waals surface area contributed by atoms with Crippen molar-refractivity contribution >= 4 is 52.2 Å². The van der Waals surface area contributed by atoms with Crippen LogP contribution in [-0.2, 0) is 0 Å². The first-order chi connectivity index (χ1) is 14.9. The second-order valence-electron chi connectivity index (χ2n) is 6.81. The average Bonchev–Trinajstić information content (AvgIpc) is 2.73. The molecule has 3 rings (SSSR count). The lowest BCUT2D eigenvalue weighted by atomic mass is 9.92. The van der Waals surface area contributed by atoms with Crippen LogP contribution in [0.2, 0.25) is 0 Å². The molecule has 0 saturated carbocycles. The Morgan fingerprint density at radius 2 is 1.94 bits per heavy atom. The molecular formula is C20H21Cl2N9. The molecule has 0 fully saturated rings. The summed E-state index contributed by atoms with van der Waals surface area (Å²) in [5.41, 5.74) is 15.8. The van der Waals surface area contributed by atoms with E-state index in [2.05, 4.69) is 25.5 Å². The van der Waals surface area contributed by atoms with Crippen molar-refractivity contribution in [1.29, 1.82) is 10.5 Å². The molecule has 0 bridgehead atoms. The Morgan fingerprint density at radius 1 is 1.23 bits per heavy atom. The Hall–Kier alpha value is -3.40. The number of guanidine groups is 1. The zero-order chi connectivity index (χ0) is 22.5. The number of hydrogen-bond acceptors (Lipinski definition) is 9. The molecule has 1 aliphatic heterocycles. The fourth-order valence-corrected chi connectivity index (χ4v) is 3.95. The van der Waals surface area contributed by atoms with Crippen LogP contribution in [0.15, 0.2) is 23.2 Å². The molecular weight excluding hydrogens is 437 g/mol. The number of alkyl halides is 2. The van der Waals surface area contributed by atoms with Gasteiger partial charge in [0.05, 0.1) is 5.69 Å². The predicted molar refractivity (Wildman–Crippen MR) is 124 cm³/mol. The molecule has 0 radical (unpaired) electrons. The number of fused-ring (bicyclic) bond motifs is 1. The molecule has 0 saturated heterocycles. The molecule has 1 aliphatic rings. The molecule has 0 aliphatic carbocycles. The number of nitrogen functional groups attached to an aromatic ring is 2. The summed E-state index contributed by atoms with van der Waals surface area (Å²) in [6.07, 6.45) is 1.84. The summed E-state index contributed by atoms with van der Waals surface area (Å²) < 4.78 is 0. The molecule has 0 amide bonds. The Balaban J connectivity index is 2.14. The van der Waals surface area contributed by atoms with E-state index in [0.717, 1.165) is 16.8 Å². The highest BCUT2D eigenvalue weighted by Gasteiger charge is 2.30. The number of nitrogens with zero attached hydrogens (tertiary/aromatic N) is 5. The summed E-state index contributed by atoms with van der Waals surface area (Å²) in [5.74, 6) is 1.53. The standard InChI is InChI=1S/C20H21Cl2N9/c1-11-8-12(31(6-4-21)7-5-22)2-3-13(11)17-15-16(25)14(9-23)18(26)29-19(15)30-20(28-17)27-10-24/h2-3,8,17H,4-7H2,1H3,(H6,25,26,27,28,29,30). The Kier molecular flexibility index (Phi) is 6.91. The maximum absolute atomic E-state index is 9.46. The Bertz CT molecular complexity index is 1100. The first-order valence-electron chi connectivity index (χ1n) is 9.41. The molecule has 2 aromatic rings. The summed E-state index contributed by atoms with van der Waals surface area (Å²) in [6.45, 7) is 3.29. The van der Waals surface area contributed by atoms with Gasteiger partial charge < -0.3 is 21.7 Å². The van der Waals surface area contributed by atoms with Crippen molar-refractivity contribution in [1.82, 2.24) is 10.3 Å². The lowest BCUT2D eigenvalue weighted by Crippen LogP contribution is -2.33. The van der Waals surface area contributed by atoms with Gasteiger partial charge in [0.2, 0.25) is 5.96 Å². The monoisotopic (exact) mass is 457 g/mol. The van der Waals surface area contributed by atoms with Gasteiger partial charge in [0.15, 0.2) is 6.19 Å². The average molecular weight is 458 g/mol. The van der Waals surface area contributed by atoms with Gasteiger partial charge in [0.1, 0.15) is 29.3 Å². The van der Waals surface area contributed by atoms with E-state index in [9.17, 15) is 5.26 Å². The molecule has 0 spiro atoms. The van der Waals surface area contributed by atoms with Gasteiger partial charge in [0, 0.05) is 36.1 Å². The minimum absolute atomic E-state index is 0.00747. The first-order valence-corrected chi connectivity index (χ1v) is 10.5. The molecule has 1 aromatic carbocycles. The molecule has 1 atom stereocenters. The lowest BCUT2D eigenvalue weighted by molar-refractivity contribution is 0.833. The number of halogens is 2. The maximum Gasteiger partial charge on any atom is 0.211 e. The molecule has 6 N–H and O–H groups in total. The van der Waals surface area contributed by atoms with Gasteiger partial charge >= 0.3 is 0 Å². The fraction of sp³-hybridized carbons (Fsp3) is 0.300. The van der Waals surface area contributed by atoms with Crippen molar-refractivity contribution in [3.8, 4) is 12.3 Å². The first kappa shape index (κ1) is 22.3. The van der Waals surface area contributed by atoms with E-state index < -0.39 is 6.04 Å². The number of benzene rings is 1. The molecule has 1 aromatic heterocycles. The van der Waals surface area contributed by atoms with Gasteiger partial charge in [-0.05, 0) is 30.2 Å². The number of aromatic nitrogens is 1. The van der Waals surface area contributed by atoms with Crippen molar-refractivity contribution < 1.29 is 0 Å². The summed E-state index contributed by atoms with van der Waals surface area (Å²) >= 11 is 11.9. The van der Waals surface area contributed by atoms with E-state index in [1.54, 1.807) is 0 Å². The lowest BCUT2D eigenvalue weighted by Gasteiger charge is -2.28. The summed E-state index contributed by atoms with van der Waals surface area (Å²) in [6, 6.07) is 7.34. The SMILES string of the molecule is Cc1cc(N(CCCl)CCCl)ccc1C1N=C(NC#N)Nc2nc(N)c(C#N)c(N)c21. The molecule has 11 heteroatoms. The smallest absolute Gasteiger partial charge is 0.211 e. The topological polar surface area (TPSA) is 152 Å². The summed E-state index contributed by atoms with van der Waals surface area (Å²) in [7, 11) is 0. The fourth-order valence-electron chi connectivity index (χ4n) is 3.54. The van der Waals surface area contributed by atoms with Crippen molar-refractivity contribution in [2.24, 2.45) is 4.99 Å². The highest BCUT2D eigenvalue weighted by Crippen LogP contribution is 2.41. The van der Waals surface area contributed by atoms with Gasteiger partial charge in [0.25, 0.3) is 0 Å². The van der Waals surface area contributed by atoms with Crippen molar-refractivity contribution in [3.05, 3.63) is 40.5 Å². The molecule has 9 nitrogen and oxygen atoms in total. The van der Waals surface area contributed by atoms with Gasteiger partial charge in [-0.1, -0.05) is 6.07 Å². The Morgan fingerprint density at radius 3 is 2.52 bits per heavy atom. The molecule has 2 heterocycles. The van der Waals surface area contributed by atoms with Crippen LogP contribution in [0.5, 0.6) is 0 Å². The summed E-state index contributed by atoms with van der Waals surface area (Å²) in [4.78, 5) is 11.0. The van der Waals surface area contributed by atoms with Gasteiger partial charge in [-0.3, -0.25) is 5.32 Å². The van der Waals surface area contributed by atoms with Gasteiger partial charge in [-0.15, -0.1) is 23.2 Å². The van der Waals surface area contributed by atoms with E-state index in [1.807, 2.05) is 37.4 Å². The van der Waals surface area contributed by atoms with Crippen molar-refractivity contribution in [2.45, 2.75) is 13.0 Å². The number of rotatable bonds is 6. The maximum atomic E-state index is 9.46. The third-order valence-corrected chi connectivity index (χ3v) is 5.32. The third-order valence-electron chi connectivity index (χ3n) is 4.98. The molecule has 1 unspecified atom stereocenters. The number of nitrogens with one attached hydrogen (secondary N) is 2. The predicted octanol–water partition coefficient (Wildman–Crippen LogP) is 2.65.